The Balaban J connectivity index is 1.37. The molecule has 0 saturated carbocycles. The van der Waals surface area contributed by atoms with E-state index in [2.05, 4.69) is 15.3 Å². The molecule has 38 heavy (non-hydrogen) atoms. The van der Waals surface area contributed by atoms with Crippen molar-refractivity contribution in [1.82, 2.24) is 29.8 Å². The Morgan fingerprint density at radius 2 is 1.63 bits per heavy atom. The number of rotatable bonds is 6. The van der Waals surface area contributed by atoms with E-state index in [0.717, 1.165) is 33.5 Å². The van der Waals surface area contributed by atoms with E-state index in [0.29, 0.717) is 29.4 Å². The van der Waals surface area contributed by atoms with Crippen molar-refractivity contribution in [3.63, 3.8) is 0 Å². The number of nitrogen functional groups attached to an aromatic ring is 1. The SMILES string of the molecule is Nc1ncccc1-c1nc2cc(-c3ccncc3)cnc2n1-c1ccc(CNC(=O)c2ccccc2)cc1. The molecule has 6 aromatic rings. The highest BCUT2D eigenvalue weighted by Crippen LogP contribution is 2.32. The average molecular weight is 498 g/mol. The predicted octanol–water partition coefficient (Wildman–Crippen LogP) is 5.06. The number of fused-ring (bicyclic) bond motifs is 1. The number of hydrogen-bond donors (Lipinski definition) is 2. The van der Waals surface area contributed by atoms with Crippen molar-refractivity contribution in [3.8, 4) is 28.2 Å². The number of aromatic nitrogens is 5. The molecule has 0 aliphatic carbocycles. The minimum Gasteiger partial charge on any atom is -0.383 e. The van der Waals surface area contributed by atoms with E-state index in [1.54, 1.807) is 30.7 Å². The van der Waals surface area contributed by atoms with Crippen LogP contribution in [0.1, 0.15) is 15.9 Å². The lowest BCUT2D eigenvalue weighted by atomic mass is 10.1. The van der Waals surface area contributed by atoms with Gasteiger partial charge in [0.1, 0.15) is 11.3 Å². The van der Waals surface area contributed by atoms with Crippen molar-refractivity contribution in [3.05, 3.63) is 121 Å². The lowest BCUT2D eigenvalue weighted by molar-refractivity contribution is 0.0951. The topological polar surface area (TPSA) is 112 Å². The lowest BCUT2D eigenvalue weighted by Crippen LogP contribution is -2.22. The smallest absolute Gasteiger partial charge is 0.251 e. The van der Waals surface area contributed by atoms with E-state index in [-0.39, 0.29) is 5.91 Å². The van der Waals surface area contributed by atoms with Crippen LogP contribution in [0.5, 0.6) is 0 Å². The van der Waals surface area contributed by atoms with Gasteiger partial charge in [0.2, 0.25) is 0 Å². The summed E-state index contributed by atoms with van der Waals surface area (Å²) in [6.45, 7) is 0.411. The van der Waals surface area contributed by atoms with E-state index in [4.69, 9.17) is 15.7 Å². The molecule has 0 fully saturated rings. The van der Waals surface area contributed by atoms with Crippen LogP contribution in [0.15, 0.2) is 110 Å². The van der Waals surface area contributed by atoms with E-state index in [1.165, 1.54) is 0 Å². The fourth-order valence-electron chi connectivity index (χ4n) is 4.34. The van der Waals surface area contributed by atoms with Gasteiger partial charge in [0, 0.05) is 48.1 Å². The van der Waals surface area contributed by atoms with Crippen molar-refractivity contribution < 1.29 is 4.79 Å². The zero-order valence-corrected chi connectivity index (χ0v) is 20.3. The van der Waals surface area contributed by atoms with Crippen LogP contribution < -0.4 is 11.1 Å². The number of carbonyl (C=O) groups excluding carboxylic acids is 1. The Hall–Kier alpha value is -5.37. The molecule has 0 atom stereocenters. The summed E-state index contributed by atoms with van der Waals surface area (Å²) in [5.41, 5.74) is 12.8. The summed E-state index contributed by atoms with van der Waals surface area (Å²) in [4.78, 5) is 30.5. The highest BCUT2D eigenvalue weighted by molar-refractivity contribution is 5.94. The van der Waals surface area contributed by atoms with Gasteiger partial charge in [-0.05, 0) is 65.7 Å². The maximum atomic E-state index is 12.4. The summed E-state index contributed by atoms with van der Waals surface area (Å²) in [5, 5.41) is 2.97. The minimum absolute atomic E-state index is 0.112. The van der Waals surface area contributed by atoms with Crippen molar-refractivity contribution in [2.24, 2.45) is 0 Å². The first kappa shape index (κ1) is 23.1. The summed E-state index contributed by atoms with van der Waals surface area (Å²) in [5.74, 6) is 0.924. The van der Waals surface area contributed by atoms with Gasteiger partial charge in [0.15, 0.2) is 11.5 Å². The number of anilines is 1. The molecule has 1 amide bonds. The van der Waals surface area contributed by atoms with E-state index in [1.807, 2.05) is 83.6 Å². The second kappa shape index (κ2) is 9.94. The van der Waals surface area contributed by atoms with Gasteiger partial charge < -0.3 is 11.1 Å². The standard InChI is InChI=1S/C30H23N7O/c31-27-25(7-4-14-33-27)28-36-26-17-23(21-12-15-32-16-13-21)19-34-29(26)37(28)24-10-8-20(9-11-24)18-35-30(38)22-5-2-1-3-6-22/h1-17,19H,18H2,(H2,31,33)(H,35,38). The molecule has 8 heteroatoms. The number of nitrogens with zero attached hydrogens (tertiary/aromatic N) is 5. The molecule has 4 heterocycles. The largest absolute Gasteiger partial charge is 0.383 e. The first-order valence-electron chi connectivity index (χ1n) is 12.1. The second-order valence-corrected chi connectivity index (χ2v) is 8.72. The summed E-state index contributed by atoms with van der Waals surface area (Å²) in [7, 11) is 0. The highest BCUT2D eigenvalue weighted by atomic mass is 16.1. The third-order valence-corrected chi connectivity index (χ3v) is 6.27. The number of hydrogen-bond acceptors (Lipinski definition) is 6. The zero-order valence-electron chi connectivity index (χ0n) is 20.3. The summed E-state index contributed by atoms with van der Waals surface area (Å²) in [6, 6.07) is 26.7. The monoisotopic (exact) mass is 497 g/mol. The highest BCUT2D eigenvalue weighted by Gasteiger charge is 2.18. The molecule has 184 valence electrons. The molecule has 2 aromatic carbocycles. The number of carbonyl (C=O) groups is 1. The Kier molecular flexibility index (Phi) is 6.03. The Morgan fingerprint density at radius 3 is 2.39 bits per heavy atom. The van der Waals surface area contributed by atoms with Crippen LogP contribution in [0.3, 0.4) is 0 Å². The fraction of sp³-hybridized carbons (Fsp3) is 0.0333. The molecule has 0 aliphatic heterocycles. The van der Waals surface area contributed by atoms with Crippen LogP contribution >= 0.6 is 0 Å². The molecular weight excluding hydrogens is 474 g/mol. The van der Waals surface area contributed by atoms with Gasteiger partial charge in [-0.2, -0.15) is 0 Å². The lowest BCUT2D eigenvalue weighted by Gasteiger charge is -2.11. The van der Waals surface area contributed by atoms with Crippen molar-refractivity contribution in [1.29, 1.82) is 0 Å². The molecule has 6 rings (SSSR count). The second-order valence-electron chi connectivity index (χ2n) is 8.72. The maximum Gasteiger partial charge on any atom is 0.251 e. The molecule has 0 aliphatic rings. The Morgan fingerprint density at radius 1 is 0.842 bits per heavy atom. The summed E-state index contributed by atoms with van der Waals surface area (Å²) in [6.07, 6.45) is 7.00. The third kappa shape index (κ3) is 4.46. The number of amides is 1. The van der Waals surface area contributed by atoms with Gasteiger partial charge in [-0.15, -0.1) is 0 Å². The molecule has 0 saturated heterocycles. The van der Waals surface area contributed by atoms with E-state index >= 15 is 0 Å². The summed E-state index contributed by atoms with van der Waals surface area (Å²) < 4.78 is 1.98. The number of nitrogens with two attached hydrogens (primary N) is 1. The number of benzene rings is 2. The Bertz CT molecular complexity index is 1730. The number of pyridine rings is 3. The molecule has 3 N–H and O–H groups in total. The quantitative estimate of drug-likeness (QED) is 0.333. The van der Waals surface area contributed by atoms with Gasteiger partial charge >= 0.3 is 0 Å². The zero-order chi connectivity index (χ0) is 25.9. The van der Waals surface area contributed by atoms with Crippen LogP contribution in [-0.4, -0.2) is 30.4 Å². The molecular formula is C30H23N7O. The van der Waals surface area contributed by atoms with E-state index < -0.39 is 0 Å². The molecule has 0 bridgehead atoms. The molecule has 4 aromatic heterocycles. The number of imidazole rings is 1. The van der Waals surface area contributed by atoms with Crippen molar-refractivity contribution in [2.75, 3.05) is 5.73 Å². The van der Waals surface area contributed by atoms with Crippen LogP contribution in [0, 0.1) is 0 Å². The molecule has 0 spiro atoms. The van der Waals surface area contributed by atoms with Gasteiger partial charge in [-0.1, -0.05) is 30.3 Å². The Labute approximate surface area is 218 Å². The van der Waals surface area contributed by atoms with Crippen molar-refractivity contribution in [2.45, 2.75) is 6.54 Å². The van der Waals surface area contributed by atoms with Gasteiger partial charge in [-0.3, -0.25) is 14.3 Å². The van der Waals surface area contributed by atoms with Crippen LogP contribution in [0.2, 0.25) is 0 Å². The first-order valence-corrected chi connectivity index (χ1v) is 12.1. The fourth-order valence-corrected chi connectivity index (χ4v) is 4.34. The molecule has 8 nitrogen and oxygen atoms in total. The maximum absolute atomic E-state index is 12.4. The molecule has 0 radical (unpaired) electrons. The number of nitrogens with one attached hydrogen (secondary N) is 1. The normalized spacial score (nSPS) is 10.9. The van der Waals surface area contributed by atoms with E-state index in [9.17, 15) is 4.79 Å². The van der Waals surface area contributed by atoms with Crippen LogP contribution in [-0.2, 0) is 6.54 Å². The molecule has 0 unspecified atom stereocenters. The average Bonchev–Trinajstić information content (AvgIpc) is 3.36. The summed E-state index contributed by atoms with van der Waals surface area (Å²) >= 11 is 0. The first-order chi connectivity index (χ1) is 18.7. The van der Waals surface area contributed by atoms with Gasteiger partial charge in [0.05, 0.1) is 5.56 Å². The van der Waals surface area contributed by atoms with Gasteiger partial charge in [0.25, 0.3) is 5.91 Å². The van der Waals surface area contributed by atoms with Crippen molar-refractivity contribution >= 4 is 22.9 Å². The predicted molar refractivity (Wildman–Crippen MR) is 147 cm³/mol. The third-order valence-electron chi connectivity index (χ3n) is 6.27. The van der Waals surface area contributed by atoms with Crippen LogP contribution in [0.4, 0.5) is 5.82 Å². The van der Waals surface area contributed by atoms with Gasteiger partial charge in [-0.25, -0.2) is 15.0 Å². The minimum atomic E-state index is -0.112. The van der Waals surface area contributed by atoms with Crippen LogP contribution in [0.25, 0.3) is 39.4 Å².